The first-order valence-electron chi connectivity index (χ1n) is 8.65. The van der Waals surface area contributed by atoms with Crippen molar-refractivity contribution in [3.05, 3.63) is 84.8 Å². The van der Waals surface area contributed by atoms with E-state index in [4.69, 9.17) is 0 Å². The van der Waals surface area contributed by atoms with Crippen molar-refractivity contribution in [2.45, 2.75) is 12.6 Å². The molecule has 4 aromatic rings. The van der Waals surface area contributed by atoms with Crippen molar-refractivity contribution in [2.24, 2.45) is 0 Å². The predicted octanol–water partition coefficient (Wildman–Crippen LogP) is 4.51. The van der Waals surface area contributed by atoms with Crippen molar-refractivity contribution in [1.82, 2.24) is 19.9 Å². The summed E-state index contributed by atoms with van der Waals surface area (Å²) in [5.41, 5.74) is 4.92. The second-order valence-corrected chi connectivity index (χ2v) is 7.37. The molecule has 0 N–H and O–H groups in total. The predicted molar refractivity (Wildman–Crippen MR) is 108 cm³/mol. The molecule has 1 unspecified atom stereocenters. The normalized spacial score (nSPS) is 11.4. The number of nitrogens with zero attached hydrogens (tertiary/aromatic N) is 4. The van der Waals surface area contributed by atoms with Gasteiger partial charge in [0, 0.05) is 23.3 Å². The van der Waals surface area contributed by atoms with Crippen molar-refractivity contribution in [2.75, 3.05) is 6.16 Å². The molecule has 0 saturated heterocycles. The zero-order valence-electron chi connectivity index (χ0n) is 14.3. The highest BCUT2D eigenvalue weighted by atomic mass is 31.1. The molecule has 0 amide bonds. The molecular weight excluding hydrogens is 339 g/mol. The number of rotatable bonds is 6. The van der Waals surface area contributed by atoms with E-state index in [2.05, 4.69) is 68.5 Å². The van der Waals surface area contributed by atoms with Gasteiger partial charge in [-0.25, -0.2) is 15.0 Å². The number of hydrogen-bond donors (Lipinski definition) is 0. The van der Waals surface area contributed by atoms with Crippen LogP contribution in [0.2, 0.25) is 0 Å². The van der Waals surface area contributed by atoms with Crippen LogP contribution in [0.25, 0.3) is 22.0 Å². The number of aryl methyl sites for hydroxylation is 1. The standard InChI is InChI=1S/C21H19N4P/c1-2-8-18(19-9-3-6-17-7-4-11-23-21(17)19)16(5-1)10-12-26-13-20-24-14-22-15-25-20/h1-9,11,14-15,26H,10,12-13H2. The fraction of sp³-hybridized carbons (Fsp3) is 0.143. The fourth-order valence-corrected chi connectivity index (χ4v) is 4.13. The Morgan fingerprint density at radius 2 is 1.58 bits per heavy atom. The van der Waals surface area contributed by atoms with E-state index in [1.807, 2.05) is 12.3 Å². The monoisotopic (exact) mass is 358 g/mol. The lowest BCUT2D eigenvalue weighted by molar-refractivity contribution is 0.957. The largest absolute Gasteiger partial charge is 0.256 e. The average Bonchev–Trinajstić information content (AvgIpc) is 2.72. The van der Waals surface area contributed by atoms with Gasteiger partial charge in [-0.1, -0.05) is 48.5 Å². The highest BCUT2D eigenvalue weighted by Crippen LogP contribution is 2.31. The second kappa shape index (κ2) is 8.11. The van der Waals surface area contributed by atoms with E-state index >= 15 is 0 Å². The van der Waals surface area contributed by atoms with Crippen LogP contribution >= 0.6 is 8.58 Å². The van der Waals surface area contributed by atoms with Gasteiger partial charge in [-0.15, -0.1) is 8.58 Å². The lowest BCUT2D eigenvalue weighted by Gasteiger charge is -2.11. The second-order valence-electron chi connectivity index (χ2n) is 6.02. The number of fused-ring (bicyclic) bond motifs is 1. The minimum absolute atomic E-state index is 0.802. The van der Waals surface area contributed by atoms with Gasteiger partial charge in [-0.2, -0.15) is 0 Å². The molecule has 1 atom stereocenters. The molecule has 26 heavy (non-hydrogen) atoms. The summed E-state index contributed by atoms with van der Waals surface area (Å²) in [5.74, 6) is 0.880. The maximum atomic E-state index is 4.61. The van der Waals surface area contributed by atoms with Crippen LogP contribution in [-0.2, 0) is 12.6 Å². The van der Waals surface area contributed by atoms with E-state index < -0.39 is 0 Å². The van der Waals surface area contributed by atoms with Gasteiger partial charge in [0.05, 0.1) is 5.52 Å². The highest BCUT2D eigenvalue weighted by molar-refractivity contribution is 7.37. The lowest BCUT2D eigenvalue weighted by Crippen LogP contribution is -1.95. The van der Waals surface area contributed by atoms with Crippen molar-refractivity contribution < 1.29 is 0 Å². The topological polar surface area (TPSA) is 51.6 Å². The van der Waals surface area contributed by atoms with E-state index in [1.54, 1.807) is 12.7 Å². The van der Waals surface area contributed by atoms with E-state index in [-0.39, 0.29) is 0 Å². The molecule has 5 heteroatoms. The minimum atomic E-state index is 0.802. The first-order chi connectivity index (χ1) is 12.9. The molecular formula is C21H19N4P. The minimum Gasteiger partial charge on any atom is -0.256 e. The maximum absolute atomic E-state index is 4.61. The van der Waals surface area contributed by atoms with E-state index in [0.29, 0.717) is 0 Å². The number of aromatic nitrogens is 4. The molecule has 0 spiro atoms. The van der Waals surface area contributed by atoms with Gasteiger partial charge < -0.3 is 0 Å². The SMILES string of the molecule is c1ccc(-c2cccc3cccnc23)c(CCPCc2ncncn2)c1. The Balaban J connectivity index is 1.53. The number of pyridine rings is 1. The van der Waals surface area contributed by atoms with Crippen LogP contribution in [0.15, 0.2) is 73.4 Å². The molecule has 4 nitrogen and oxygen atoms in total. The maximum Gasteiger partial charge on any atom is 0.135 e. The quantitative estimate of drug-likeness (QED) is 0.376. The molecule has 0 aliphatic rings. The van der Waals surface area contributed by atoms with Gasteiger partial charge in [-0.3, -0.25) is 4.98 Å². The zero-order valence-corrected chi connectivity index (χ0v) is 15.3. The molecule has 0 fully saturated rings. The van der Waals surface area contributed by atoms with Gasteiger partial charge >= 0.3 is 0 Å². The van der Waals surface area contributed by atoms with Crippen molar-refractivity contribution in [3.8, 4) is 11.1 Å². The fourth-order valence-electron chi connectivity index (χ4n) is 3.10. The van der Waals surface area contributed by atoms with Crippen LogP contribution in [0, 0.1) is 0 Å². The average molecular weight is 358 g/mol. The number of hydrogen-bond acceptors (Lipinski definition) is 4. The van der Waals surface area contributed by atoms with Gasteiger partial charge in [0.25, 0.3) is 0 Å². The van der Waals surface area contributed by atoms with Crippen LogP contribution in [0.4, 0.5) is 0 Å². The summed E-state index contributed by atoms with van der Waals surface area (Å²) in [7, 11) is 0.802. The third-order valence-corrected chi connectivity index (χ3v) is 5.51. The smallest absolute Gasteiger partial charge is 0.135 e. The lowest BCUT2D eigenvalue weighted by atomic mass is 9.96. The zero-order chi connectivity index (χ0) is 17.6. The molecule has 0 radical (unpaired) electrons. The summed E-state index contributed by atoms with van der Waals surface area (Å²) >= 11 is 0. The number of para-hydroxylation sites is 1. The van der Waals surface area contributed by atoms with E-state index in [0.717, 1.165) is 38.7 Å². The van der Waals surface area contributed by atoms with E-state index in [1.165, 1.54) is 22.1 Å². The van der Waals surface area contributed by atoms with Crippen LogP contribution in [0.5, 0.6) is 0 Å². The Bertz CT molecular complexity index is 999. The Kier molecular flexibility index (Phi) is 5.22. The van der Waals surface area contributed by atoms with Crippen LogP contribution < -0.4 is 0 Å². The van der Waals surface area contributed by atoms with Crippen molar-refractivity contribution in [1.29, 1.82) is 0 Å². The summed E-state index contributed by atoms with van der Waals surface area (Å²) in [5, 5.41) is 1.18. The molecule has 4 rings (SSSR count). The molecule has 0 aliphatic carbocycles. The van der Waals surface area contributed by atoms with Gasteiger partial charge in [-0.05, 0) is 29.8 Å². The van der Waals surface area contributed by atoms with Crippen LogP contribution in [0.3, 0.4) is 0 Å². The summed E-state index contributed by atoms with van der Waals surface area (Å²) < 4.78 is 0. The molecule has 2 heterocycles. The van der Waals surface area contributed by atoms with Gasteiger partial charge in [0.2, 0.25) is 0 Å². The Morgan fingerprint density at radius 1 is 0.769 bits per heavy atom. The Morgan fingerprint density at radius 3 is 2.50 bits per heavy atom. The van der Waals surface area contributed by atoms with Crippen LogP contribution in [0.1, 0.15) is 11.4 Å². The third-order valence-electron chi connectivity index (χ3n) is 4.34. The number of benzene rings is 2. The first kappa shape index (κ1) is 16.7. The molecule has 2 aromatic heterocycles. The van der Waals surface area contributed by atoms with Crippen molar-refractivity contribution >= 4 is 19.5 Å². The molecule has 0 bridgehead atoms. The summed E-state index contributed by atoms with van der Waals surface area (Å²) in [4.78, 5) is 16.9. The van der Waals surface area contributed by atoms with E-state index in [9.17, 15) is 0 Å². The molecule has 128 valence electrons. The van der Waals surface area contributed by atoms with Gasteiger partial charge in [0.15, 0.2) is 0 Å². The molecule has 2 aromatic carbocycles. The summed E-state index contributed by atoms with van der Waals surface area (Å²) in [6.07, 6.45) is 8.08. The summed E-state index contributed by atoms with van der Waals surface area (Å²) in [6.45, 7) is 0. The Hall–Kier alpha value is -2.71. The highest BCUT2D eigenvalue weighted by Gasteiger charge is 2.09. The third kappa shape index (κ3) is 3.76. The van der Waals surface area contributed by atoms with Gasteiger partial charge in [0.1, 0.15) is 18.5 Å². The molecule has 0 aliphatic heterocycles. The first-order valence-corrected chi connectivity index (χ1v) is 10.1. The molecule has 0 saturated carbocycles. The summed E-state index contributed by atoms with van der Waals surface area (Å²) in [6, 6.07) is 19.1. The van der Waals surface area contributed by atoms with Crippen LogP contribution in [-0.4, -0.2) is 26.1 Å². The van der Waals surface area contributed by atoms with Crippen molar-refractivity contribution in [3.63, 3.8) is 0 Å². The Labute approximate surface area is 154 Å².